The summed E-state index contributed by atoms with van der Waals surface area (Å²) in [6.45, 7) is 15.4. The number of halogens is 6. The van der Waals surface area contributed by atoms with Gasteiger partial charge in [0, 0.05) is 21.7 Å². The molecule has 0 N–H and O–H groups in total. The van der Waals surface area contributed by atoms with Crippen LogP contribution >= 0.6 is 136 Å². The summed E-state index contributed by atoms with van der Waals surface area (Å²) in [4.78, 5) is 0. The molecule has 254 valence electrons. The van der Waals surface area contributed by atoms with E-state index in [1.54, 1.807) is 0 Å². The molecule has 0 bridgehead atoms. The summed E-state index contributed by atoms with van der Waals surface area (Å²) in [7, 11) is 0. The van der Waals surface area contributed by atoms with Crippen molar-refractivity contribution in [1.29, 1.82) is 0 Å². The van der Waals surface area contributed by atoms with Crippen molar-refractivity contribution in [2.75, 3.05) is 59.5 Å². The van der Waals surface area contributed by atoms with E-state index in [0.717, 1.165) is 78.3 Å². The van der Waals surface area contributed by atoms with Crippen molar-refractivity contribution in [1.82, 2.24) is 0 Å². The Balaban J connectivity index is 1.40. The lowest BCUT2D eigenvalue weighted by Gasteiger charge is -2.38. The van der Waals surface area contributed by atoms with Gasteiger partial charge in [0.1, 0.15) is 17.2 Å². The van der Waals surface area contributed by atoms with E-state index in [4.69, 9.17) is 28.4 Å². The molecule has 3 aromatic rings. The lowest BCUT2D eigenvalue weighted by molar-refractivity contribution is -0.120. The SMILES string of the molecule is CC1(COc2c(I)cc(C(C)(c3cc(I)c(OCC4(C)COC4)c(I)c3)c3cc(I)c(OCC4(C)COC4)c(I)c3)cc2I)COC1. The van der Waals surface area contributed by atoms with E-state index in [9.17, 15) is 0 Å². The first-order chi connectivity index (χ1) is 22.1. The van der Waals surface area contributed by atoms with Crippen LogP contribution in [0.25, 0.3) is 0 Å². The molecule has 3 heterocycles. The molecule has 6 rings (SSSR count). The van der Waals surface area contributed by atoms with Crippen LogP contribution < -0.4 is 14.2 Å². The Kier molecular flexibility index (Phi) is 12.1. The van der Waals surface area contributed by atoms with Gasteiger partial charge < -0.3 is 28.4 Å². The molecule has 3 aliphatic rings. The summed E-state index contributed by atoms with van der Waals surface area (Å²) >= 11 is 14.6. The Morgan fingerprint density at radius 3 is 0.872 bits per heavy atom. The van der Waals surface area contributed by atoms with Crippen molar-refractivity contribution in [3.63, 3.8) is 0 Å². The number of rotatable bonds is 12. The van der Waals surface area contributed by atoms with E-state index in [2.05, 4.69) is 200 Å². The van der Waals surface area contributed by atoms with Gasteiger partial charge in [0.05, 0.1) is 80.9 Å². The van der Waals surface area contributed by atoms with Gasteiger partial charge in [-0.1, -0.05) is 20.8 Å². The second kappa shape index (κ2) is 15.0. The smallest absolute Gasteiger partial charge is 0.145 e. The van der Waals surface area contributed by atoms with Crippen LogP contribution in [0.15, 0.2) is 36.4 Å². The molecule has 12 heteroatoms. The van der Waals surface area contributed by atoms with Gasteiger partial charge in [0.25, 0.3) is 0 Å². The third-order valence-corrected chi connectivity index (χ3v) is 13.9. The molecular weight excluding hydrogens is 1280 g/mol. The number of ether oxygens (including phenoxy) is 6. The highest BCUT2D eigenvalue weighted by molar-refractivity contribution is 14.1. The predicted octanol–water partition coefficient (Wildman–Crippen LogP) is 9.91. The van der Waals surface area contributed by atoms with Crippen LogP contribution in [0.1, 0.15) is 44.4 Å². The fourth-order valence-corrected chi connectivity index (χ4v) is 12.0. The highest BCUT2D eigenvalue weighted by atomic mass is 127. The minimum atomic E-state index is -0.482. The van der Waals surface area contributed by atoms with Gasteiger partial charge in [-0.2, -0.15) is 0 Å². The molecule has 0 spiro atoms. The lowest BCUT2D eigenvalue weighted by Crippen LogP contribution is -2.44. The van der Waals surface area contributed by atoms with Crippen LogP contribution in [-0.4, -0.2) is 59.5 Å². The lowest BCUT2D eigenvalue weighted by atomic mass is 9.71. The third-order valence-electron chi connectivity index (χ3n) is 9.12. The molecule has 3 aliphatic heterocycles. The molecule has 3 fully saturated rings. The first-order valence-electron chi connectivity index (χ1n) is 15.2. The molecule has 3 aromatic carbocycles. The molecule has 0 unspecified atom stereocenters. The van der Waals surface area contributed by atoms with Gasteiger partial charge in [0.2, 0.25) is 0 Å². The van der Waals surface area contributed by atoms with Gasteiger partial charge in [-0.25, -0.2) is 0 Å². The third kappa shape index (κ3) is 8.13. The molecule has 3 saturated heterocycles. The van der Waals surface area contributed by atoms with Crippen LogP contribution in [0.2, 0.25) is 0 Å². The van der Waals surface area contributed by atoms with Crippen LogP contribution in [-0.2, 0) is 19.6 Å². The Labute approximate surface area is 359 Å². The van der Waals surface area contributed by atoms with Crippen LogP contribution in [0.3, 0.4) is 0 Å². The molecule has 0 aliphatic carbocycles. The maximum Gasteiger partial charge on any atom is 0.145 e. The van der Waals surface area contributed by atoms with E-state index >= 15 is 0 Å². The van der Waals surface area contributed by atoms with Crippen LogP contribution in [0.5, 0.6) is 17.2 Å². The van der Waals surface area contributed by atoms with Crippen molar-refractivity contribution in [3.05, 3.63) is 74.5 Å². The zero-order valence-corrected chi connectivity index (χ0v) is 39.5. The number of hydrogen-bond acceptors (Lipinski definition) is 6. The average Bonchev–Trinajstić information content (AvgIpc) is 2.96. The maximum atomic E-state index is 6.45. The molecule has 0 radical (unpaired) electrons. The minimum absolute atomic E-state index is 0.0693. The van der Waals surface area contributed by atoms with Crippen molar-refractivity contribution < 1.29 is 28.4 Å². The molecule has 47 heavy (non-hydrogen) atoms. The topological polar surface area (TPSA) is 55.4 Å². The van der Waals surface area contributed by atoms with Gasteiger partial charge >= 0.3 is 0 Å². The van der Waals surface area contributed by atoms with E-state index in [0.29, 0.717) is 19.8 Å². The van der Waals surface area contributed by atoms with Crippen molar-refractivity contribution >= 4 is 136 Å². The summed E-state index contributed by atoms with van der Waals surface area (Å²) in [5.74, 6) is 2.81. The van der Waals surface area contributed by atoms with E-state index in [1.165, 1.54) is 16.7 Å². The zero-order chi connectivity index (χ0) is 33.8. The molecular formula is C35H36I6O6. The summed E-state index contributed by atoms with van der Waals surface area (Å²) in [6.07, 6.45) is 0. The Bertz CT molecular complexity index is 1410. The predicted molar refractivity (Wildman–Crippen MR) is 234 cm³/mol. The quantitative estimate of drug-likeness (QED) is 0.133. The number of benzene rings is 3. The van der Waals surface area contributed by atoms with Crippen molar-refractivity contribution in [2.45, 2.75) is 33.1 Å². The van der Waals surface area contributed by atoms with Crippen molar-refractivity contribution in [3.8, 4) is 17.2 Å². The molecule has 0 amide bonds. The summed E-state index contributed by atoms with van der Waals surface area (Å²) in [5, 5.41) is 0. The van der Waals surface area contributed by atoms with E-state index in [1.807, 2.05) is 0 Å². The van der Waals surface area contributed by atoms with E-state index < -0.39 is 5.41 Å². The highest BCUT2D eigenvalue weighted by Gasteiger charge is 2.39. The standard InChI is InChI=1S/C35H36I6O6/c1-32(11-42-12-32)17-45-29-23(36)5-20(6-24(29)37)35(4,21-7-25(38)30(26(39)8-21)46-18-33(2)13-43-14-33)22-9-27(40)31(28(41)10-22)47-19-34(3)15-44-16-34/h5-10H,11-19H2,1-4H3. The first-order valence-corrected chi connectivity index (χ1v) is 21.7. The molecule has 0 saturated carbocycles. The van der Waals surface area contributed by atoms with Gasteiger partial charge in [-0.15, -0.1) is 0 Å². The van der Waals surface area contributed by atoms with Gasteiger partial charge in [0.15, 0.2) is 0 Å². The van der Waals surface area contributed by atoms with Crippen molar-refractivity contribution in [2.24, 2.45) is 16.2 Å². The normalized spacial score (nSPS) is 19.3. The zero-order valence-electron chi connectivity index (χ0n) is 26.5. The minimum Gasteiger partial charge on any atom is -0.491 e. The molecule has 6 nitrogen and oxygen atoms in total. The van der Waals surface area contributed by atoms with Gasteiger partial charge in [-0.05, 0) is 196 Å². The maximum absolute atomic E-state index is 6.45. The largest absolute Gasteiger partial charge is 0.491 e. The first kappa shape index (κ1) is 38.1. The Morgan fingerprint density at radius 1 is 0.489 bits per heavy atom. The monoisotopic (exact) mass is 1310 g/mol. The molecule has 0 atom stereocenters. The average molecular weight is 1310 g/mol. The number of hydrogen-bond donors (Lipinski definition) is 0. The summed E-state index contributed by atoms with van der Waals surface area (Å²) in [5.41, 5.74) is 3.34. The Hall–Kier alpha value is 1.32. The van der Waals surface area contributed by atoms with Crippen LogP contribution in [0.4, 0.5) is 0 Å². The van der Waals surface area contributed by atoms with Gasteiger partial charge in [-0.3, -0.25) is 0 Å². The van der Waals surface area contributed by atoms with E-state index in [-0.39, 0.29) is 16.2 Å². The summed E-state index contributed by atoms with van der Waals surface area (Å²) < 4.78 is 42.3. The fourth-order valence-electron chi connectivity index (χ4n) is 5.80. The summed E-state index contributed by atoms with van der Waals surface area (Å²) in [6, 6.07) is 13.8. The highest BCUT2D eigenvalue weighted by Crippen LogP contribution is 2.47. The Morgan fingerprint density at radius 2 is 0.702 bits per heavy atom. The fraction of sp³-hybridized carbons (Fsp3) is 0.486. The molecule has 0 aromatic heterocycles. The second-order valence-electron chi connectivity index (χ2n) is 14.2. The van der Waals surface area contributed by atoms with Crippen LogP contribution in [0, 0.1) is 37.7 Å². The second-order valence-corrected chi connectivity index (χ2v) is 21.2.